The van der Waals surface area contributed by atoms with Gasteiger partial charge in [-0.3, -0.25) is 0 Å². The molecule has 0 aromatic heterocycles. The minimum Gasteiger partial charge on any atom is -0.488 e. The van der Waals surface area contributed by atoms with Gasteiger partial charge in [0.15, 0.2) is 11.6 Å². The SMILES string of the molecule is CC(C)Oc1cc(NCC2CCC(O)CC2)c(N)cc1F. The molecule has 1 fully saturated rings. The number of hydrogen-bond acceptors (Lipinski definition) is 4. The van der Waals surface area contributed by atoms with Crippen LogP contribution in [-0.2, 0) is 0 Å². The molecule has 0 aliphatic heterocycles. The Morgan fingerprint density at radius 2 is 2.00 bits per heavy atom. The van der Waals surface area contributed by atoms with Gasteiger partial charge in [-0.1, -0.05) is 0 Å². The molecule has 4 N–H and O–H groups in total. The number of halogens is 1. The van der Waals surface area contributed by atoms with Crippen molar-refractivity contribution in [1.82, 2.24) is 0 Å². The summed E-state index contributed by atoms with van der Waals surface area (Å²) in [6.07, 6.45) is 3.48. The molecule has 1 aliphatic carbocycles. The average Bonchev–Trinajstić information content (AvgIpc) is 2.42. The third-order valence-electron chi connectivity index (χ3n) is 3.86. The summed E-state index contributed by atoms with van der Waals surface area (Å²) in [6, 6.07) is 2.92. The van der Waals surface area contributed by atoms with Crippen LogP contribution < -0.4 is 15.8 Å². The maximum absolute atomic E-state index is 13.8. The topological polar surface area (TPSA) is 67.5 Å². The fourth-order valence-corrected chi connectivity index (χ4v) is 2.67. The lowest BCUT2D eigenvalue weighted by atomic mass is 9.87. The first-order chi connectivity index (χ1) is 9.95. The predicted molar refractivity (Wildman–Crippen MR) is 83.0 cm³/mol. The highest BCUT2D eigenvalue weighted by molar-refractivity contribution is 5.68. The Morgan fingerprint density at radius 3 is 2.62 bits per heavy atom. The van der Waals surface area contributed by atoms with Crippen LogP contribution in [0.25, 0.3) is 0 Å². The minimum atomic E-state index is -0.437. The summed E-state index contributed by atoms with van der Waals surface area (Å²) in [5.74, 6) is 0.306. The van der Waals surface area contributed by atoms with E-state index in [1.165, 1.54) is 6.07 Å². The van der Waals surface area contributed by atoms with Gasteiger partial charge in [0.05, 0.1) is 23.6 Å². The van der Waals surface area contributed by atoms with E-state index in [1.807, 2.05) is 13.8 Å². The van der Waals surface area contributed by atoms with Gasteiger partial charge in [0, 0.05) is 18.7 Å². The summed E-state index contributed by atoms with van der Waals surface area (Å²) < 4.78 is 19.2. The van der Waals surface area contributed by atoms with Crippen molar-refractivity contribution >= 4 is 11.4 Å². The highest BCUT2D eigenvalue weighted by atomic mass is 19.1. The summed E-state index contributed by atoms with van der Waals surface area (Å²) in [7, 11) is 0. The van der Waals surface area contributed by atoms with Crippen molar-refractivity contribution in [2.45, 2.75) is 51.7 Å². The Bertz CT molecular complexity index is 472. The van der Waals surface area contributed by atoms with Gasteiger partial charge in [0.25, 0.3) is 0 Å². The number of hydrogen-bond donors (Lipinski definition) is 3. The average molecular weight is 296 g/mol. The van der Waals surface area contributed by atoms with E-state index in [-0.39, 0.29) is 18.0 Å². The molecule has 1 saturated carbocycles. The molecule has 0 spiro atoms. The first-order valence-corrected chi connectivity index (χ1v) is 7.63. The highest BCUT2D eigenvalue weighted by Gasteiger charge is 2.19. The molecule has 0 heterocycles. The molecular formula is C16H25FN2O2. The third kappa shape index (κ3) is 4.49. The molecular weight excluding hydrogens is 271 g/mol. The lowest BCUT2D eigenvalue weighted by molar-refractivity contribution is 0.111. The van der Waals surface area contributed by atoms with Crippen LogP contribution in [0.4, 0.5) is 15.8 Å². The van der Waals surface area contributed by atoms with E-state index in [4.69, 9.17) is 10.5 Å². The fraction of sp³-hybridized carbons (Fsp3) is 0.625. The van der Waals surface area contributed by atoms with E-state index < -0.39 is 5.82 Å². The molecule has 0 radical (unpaired) electrons. The molecule has 21 heavy (non-hydrogen) atoms. The van der Waals surface area contributed by atoms with Crippen molar-refractivity contribution in [2.24, 2.45) is 5.92 Å². The Morgan fingerprint density at radius 1 is 1.33 bits per heavy atom. The molecule has 1 aromatic carbocycles. The van der Waals surface area contributed by atoms with Gasteiger partial charge in [-0.2, -0.15) is 0 Å². The van der Waals surface area contributed by atoms with Crippen LogP contribution in [0.1, 0.15) is 39.5 Å². The number of nitrogen functional groups attached to an aromatic ring is 1. The fourth-order valence-electron chi connectivity index (χ4n) is 2.67. The summed E-state index contributed by atoms with van der Waals surface area (Å²) in [5, 5.41) is 12.8. The number of ether oxygens (including phenoxy) is 1. The molecule has 1 aromatic rings. The normalized spacial score (nSPS) is 22.3. The van der Waals surface area contributed by atoms with Crippen LogP contribution in [0, 0.1) is 11.7 Å². The standard InChI is InChI=1S/C16H25FN2O2/c1-10(2)21-16-8-15(14(18)7-13(16)17)19-9-11-3-5-12(20)6-4-11/h7-8,10-12,19-20H,3-6,9,18H2,1-2H3. The molecule has 0 unspecified atom stereocenters. The van der Waals surface area contributed by atoms with E-state index in [0.717, 1.165) is 32.2 Å². The van der Waals surface area contributed by atoms with Gasteiger partial charge in [-0.05, 0) is 45.4 Å². The van der Waals surface area contributed by atoms with Crippen molar-refractivity contribution < 1.29 is 14.2 Å². The number of aliphatic hydroxyl groups excluding tert-OH is 1. The number of aliphatic hydroxyl groups is 1. The Kier molecular flexibility index (Phi) is 5.28. The van der Waals surface area contributed by atoms with Gasteiger partial charge in [-0.15, -0.1) is 0 Å². The van der Waals surface area contributed by atoms with Gasteiger partial charge < -0.3 is 20.9 Å². The van der Waals surface area contributed by atoms with Gasteiger partial charge in [0.2, 0.25) is 0 Å². The number of benzene rings is 1. The summed E-state index contributed by atoms with van der Waals surface area (Å²) in [4.78, 5) is 0. The zero-order chi connectivity index (χ0) is 15.4. The molecule has 4 nitrogen and oxygen atoms in total. The Balaban J connectivity index is 1.98. The van der Waals surface area contributed by atoms with E-state index in [0.29, 0.717) is 17.3 Å². The Hall–Kier alpha value is -1.49. The van der Waals surface area contributed by atoms with Crippen LogP contribution in [0.2, 0.25) is 0 Å². The molecule has 0 atom stereocenters. The van der Waals surface area contributed by atoms with E-state index >= 15 is 0 Å². The van der Waals surface area contributed by atoms with Crippen LogP contribution in [0.5, 0.6) is 5.75 Å². The largest absolute Gasteiger partial charge is 0.488 e. The monoisotopic (exact) mass is 296 g/mol. The summed E-state index contributed by atoms with van der Waals surface area (Å²) in [5.41, 5.74) is 6.96. The second kappa shape index (κ2) is 6.98. The lowest BCUT2D eigenvalue weighted by Gasteiger charge is -2.26. The minimum absolute atomic E-state index is 0.0872. The van der Waals surface area contributed by atoms with Crippen LogP contribution in [-0.4, -0.2) is 23.9 Å². The molecule has 1 aliphatic rings. The molecule has 0 saturated heterocycles. The zero-order valence-corrected chi connectivity index (χ0v) is 12.7. The summed E-state index contributed by atoms with van der Waals surface area (Å²) >= 11 is 0. The van der Waals surface area contributed by atoms with E-state index in [2.05, 4.69) is 5.32 Å². The second-order valence-corrected chi connectivity index (χ2v) is 6.09. The number of rotatable bonds is 5. The predicted octanol–water partition coefficient (Wildman–Crippen LogP) is 3.16. The van der Waals surface area contributed by atoms with Crippen LogP contribution >= 0.6 is 0 Å². The van der Waals surface area contributed by atoms with E-state index in [9.17, 15) is 9.50 Å². The first-order valence-electron chi connectivity index (χ1n) is 7.63. The van der Waals surface area contributed by atoms with Gasteiger partial charge in [0.1, 0.15) is 0 Å². The number of nitrogens with two attached hydrogens (primary N) is 1. The first kappa shape index (κ1) is 15.9. The zero-order valence-electron chi connectivity index (χ0n) is 12.7. The van der Waals surface area contributed by atoms with Crippen molar-refractivity contribution in [3.8, 4) is 5.75 Å². The Labute approximate surface area is 125 Å². The van der Waals surface area contributed by atoms with Crippen molar-refractivity contribution in [3.05, 3.63) is 17.9 Å². The lowest BCUT2D eigenvalue weighted by Crippen LogP contribution is -2.23. The molecule has 0 bridgehead atoms. The van der Waals surface area contributed by atoms with Crippen LogP contribution in [0.3, 0.4) is 0 Å². The van der Waals surface area contributed by atoms with Gasteiger partial charge in [-0.25, -0.2) is 4.39 Å². The molecule has 0 amide bonds. The number of anilines is 2. The summed E-state index contributed by atoms with van der Waals surface area (Å²) in [6.45, 7) is 4.50. The maximum Gasteiger partial charge on any atom is 0.167 e. The van der Waals surface area contributed by atoms with Crippen molar-refractivity contribution in [2.75, 3.05) is 17.6 Å². The van der Waals surface area contributed by atoms with Gasteiger partial charge >= 0.3 is 0 Å². The van der Waals surface area contributed by atoms with Crippen LogP contribution in [0.15, 0.2) is 12.1 Å². The van der Waals surface area contributed by atoms with E-state index in [1.54, 1.807) is 6.07 Å². The van der Waals surface area contributed by atoms with Crippen molar-refractivity contribution in [1.29, 1.82) is 0 Å². The quantitative estimate of drug-likeness (QED) is 0.730. The third-order valence-corrected chi connectivity index (χ3v) is 3.86. The maximum atomic E-state index is 13.8. The number of nitrogens with one attached hydrogen (secondary N) is 1. The molecule has 118 valence electrons. The second-order valence-electron chi connectivity index (χ2n) is 6.09. The molecule has 5 heteroatoms. The molecule has 2 rings (SSSR count). The smallest absolute Gasteiger partial charge is 0.167 e. The highest BCUT2D eigenvalue weighted by Crippen LogP contribution is 2.30. The van der Waals surface area contributed by atoms with Crippen molar-refractivity contribution in [3.63, 3.8) is 0 Å².